The molecule has 33 heavy (non-hydrogen) atoms. The smallest absolute Gasteiger partial charge is 0.257 e. The highest BCUT2D eigenvalue weighted by Gasteiger charge is 2.28. The van der Waals surface area contributed by atoms with Crippen LogP contribution in [0, 0.1) is 0 Å². The Morgan fingerprint density at radius 3 is 2.55 bits per heavy atom. The molecule has 1 aliphatic rings. The molecule has 1 aromatic heterocycles. The first kappa shape index (κ1) is 21.8. The maximum absolute atomic E-state index is 13.1. The van der Waals surface area contributed by atoms with Crippen molar-refractivity contribution in [1.82, 2.24) is 9.29 Å². The van der Waals surface area contributed by atoms with Crippen LogP contribution in [0.3, 0.4) is 0 Å². The number of benzene rings is 3. The van der Waals surface area contributed by atoms with Crippen molar-refractivity contribution >= 4 is 42.6 Å². The SMILES string of the molecule is CCc1cccc2sc(NC(=O)c3ccc(S(=O)(=O)N4CCc5ccccc5C4)cc3)nc12. The van der Waals surface area contributed by atoms with Gasteiger partial charge in [0.05, 0.1) is 15.1 Å². The molecular weight excluding hydrogens is 454 g/mol. The van der Waals surface area contributed by atoms with Crippen LogP contribution in [0.2, 0.25) is 0 Å². The second kappa shape index (κ2) is 8.70. The number of sulfonamides is 1. The first-order chi connectivity index (χ1) is 16.0. The molecule has 0 fully saturated rings. The summed E-state index contributed by atoms with van der Waals surface area (Å²) in [5, 5.41) is 3.37. The minimum Gasteiger partial charge on any atom is -0.298 e. The van der Waals surface area contributed by atoms with E-state index in [0.29, 0.717) is 30.2 Å². The number of carbonyl (C=O) groups is 1. The number of para-hydroxylation sites is 1. The molecule has 168 valence electrons. The number of aromatic nitrogens is 1. The van der Waals surface area contributed by atoms with E-state index in [0.717, 1.165) is 27.8 Å². The summed E-state index contributed by atoms with van der Waals surface area (Å²) >= 11 is 1.42. The Balaban J connectivity index is 1.32. The summed E-state index contributed by atoms with van der Waals surface area (Å²) in [6.07, 6.45) is 1.56. The molecular formula is C25H23N3O3S2. The molecule has 0 unspecified atom stereocenters. The summed E-state index contributed by atoms with van der Waals surface area (Å²) in [6.45, 7) is 2.88. The summed E-state index contributed by atoms with van der Waals surface area (Å²) in [5.74, 6) is -0.317. The van der Waals surface area contributed by atoms with Crippen molar-refractivity contribution in [3.05, 3.63) is 89.0 Å². The predicted octanol–water partition coefficient (Wildman–Crippen LogP) is 4.86. The Kier molecular flexibility index (Phi) is 5.74. The van der Waals surface area contributed by atoms with E-state index >= 15 is 0 Å². The molecule has 0 bridgehead atoms. The number of thiazole rings is 1. The first-order valence-electron chi connectivity index (χ1n) is 10.8. The average molecular weight is 478 g/mol. The molecule has 3 aromatic carbocycles. The Morgan fingerprint density at radius 1 is 1.03 bits per heavy atom. The van der Waals surface area contributed by atoms with Crippen LogP contribution in [-0.4, -0.2) is 30.2 Å². The molecule has 0 saturated heterocycles. The molecule has 1 amide bonds. The number of amides is 1. The molecule has 1 aliphatic heterocycles. The number of nitrogens with one attached hydrogen (secondary N) is 1. The van der Waals surface area contributed by atoms with E-state index in [-0.39, 0.29) is 10.8 Å². The number of aryl methyl sites for hydroxylation is 1. The highest BCUT2D eigenvalue weighted by atomic mass is 32.2. The maximum Gasteiger partial charge on any atom is 0.257 e. The van der Waals surface area contributed by atoms with Gasteiger partial charge in [0.15, 0.2) is 5.13 Å². The summed E-state index contributed by atoms with van der Waals surface area (Å²) < 4.78 is 28.8. The lowest BCUT2D eigenvalue weighted by atomic mass is 10.0. The second-order valence-electron chi connectivity index (χ2n) is 7.97. The van der Waals surface area contributed by atoms with Crippen molar-refractivity contribution < 1.29 is 13.2 Å². The van der Waals surface area contributed by atoms with Crippen molar-refractivity contribution in [3.63, 3.8) is 0 Å². The van der Waals surface area contributed by atoms with Gasteiger partial charge in [0, 0.05) is 18.7 Å². The van der Waals surface area contributed by atoms with Gasteiger partial charge in [-0.1, -0.05) is 54.7 Å². The van der Waals surface area contributed by atoms with Gasteiger partial charge in [-0.2, -0.15) is 4.31 Å². The van der Waals surface area contributed by atoms with Gasteiger partial charge in [-0.05, 0) is 59.9 Å². The molecule has 0 radical (unpaired) electrons. The van der Waals surface area contributed by atoms with Crippen LogP contribution in [0.1, 0.15) is 34.0 Å². The maximum atomic E-state index is 13.1. The number of nitrogens with zero attached hydrogens (tertiary/aromatic N) is 2. The number of anilines is 1. The van der Waals surface area contributed by atoms with Gasteiger partial charge < -0.3 is 0 Å². The van der Waals surface area contributed by atoms with Crippen molar-refractivity contribution in [2.45, 2.75) is 31.2 Å². The van der Waals surface area contributed by atoms with E-state index in [1.165, 1.54) is 33.3 Å². The van der Waals surface area contributed by atoms with Crippen LogP contribution in [0.25, 0.3) is 10.2 Å². The van der Waals surface area contributed by atoms with E-state index < -0.39 is 10.0 Å². The van der Waals surface area contributed by atoms with Crippen LogP contribution in [0.15, 0.2) is 71.6 Å². The number of carbonyl (C=O) groups excluding carboxylic acids is 1. The molecule has 0 spiro atoms. The highest BCUT2D eigenvalue weighted by molar-refractivity contribution is 7.89. The molecule has 4 aromatic rings. The van der Waals surface area contributed by atoms with Gasteiger partial charge in [0.1, 0.15) is 0 Å². The first-order valence-corrected chi connectivity index (χ1v) is 13.1. The zero-order chi connectivity index (χ0) is 23.0. The van der Waals surface area contributed by atoms with Crippen molar-refractivity contribution in [2.24, 2.45) is 0 Å². The quantitative estimate of drug-likeness (QED) is 0.445. The third kappa shape index (κ3) is 4.17. The van der Waals surface area contributed by atoms with Gasteiger partial charge in [-0.25, -0.2) is 13.4 Å². The molecule has 5 rings (SSSR count). The van der Waals surface area contributed by atoms with Gasteiger partial charge in [0.25, 0.3) is 5.91 Å². The number of hydrogen-bond donors (Lipinski definition) is 1. The largest absolute Gasteiger partial charge is 0.298 e. The van der Waals surface area contributed by atoms with Crippen LogP contribution in [0.5, 0.6) is 0 Å². The van der Waals surface area contributed by atoms with Crippen molar-refractivity contribution in [2.75, 3.05) is 11.9 Å². The number of rotatable bonds is 5. The van der Waals surface area contributed by atoms with Crippen molar-refractivity contribution in [3.8, 4) is 0 Å². The monoisotopic (exact) mass is 477 g/mol. The minimum absolute atomic E-state index is 0.186. The van der Waals surface area contributed by atoms with Gasteiger partial charge in [-0.3, -0.25) is 10.1 Å². The van der Waals surface area contributed by atoms with E-state index in [1.807, 2.05) is 42.5 Å². The average Bonchev–Trinajstić information content (AvgIpc) is 3.26. The lowest BCUT2D eigenvalue weighted by Gasteiger charge is -2.28. The van der Waals surface area contributed by atoms with Gasteiger partial charge in [0.2, 0.25) is 10.0 Å². The third-order valence-corrected chi connectivity index (χ3v) is 8.75. The molecule has 0 saturated carbocycles. The topological polar surface area (TPSA) is 79.4 Å². The van der Waals surface area contributed by atoms with Crippen LogP contribution >= 0.6 is 11.3 Å². The van der Waals surface area contributed by atoms with Gasteiger partial charge >= 0.3 is 0 Å². The van der Waals surface area contributed by atoms with E-state index in [9.17, 15) is 13.2 Å². The summed E-state index contributed by atoms with van der Waals surface area (Å²) in [7, 11) is -3.64. The Labute approximate surface area is 197 Å². The zero-order valence-electron chi connectivity index (χ0n) is 18.1. The molecule has 1 N–H and O–H groups in total. The second-order valence-corrected chi connectivity index (χ2v) is 10.9. The normalized spacial score (nSPS) is 14.2. The van der Waals surface area contributed by atoms with Crippen LogP contribution in [-0.2, 0) is 29.4 Å². The Morgan fingerprint density at radius 2 is 1.79 bits per heavy atom. The molecule has 0 aliphatic carbocycles. The van der Waals surface area contributed by atoms with Crippen LogP contribution < -0.4 is 5.32 Å². The molecule has 6 nitrogen and oxygen atoms in total. The van der Waals surface area contributed by atoms with E-state index in [2.05, 4.69) is 17.2 Å². The molecule has 8 heteroatoms. The van der Waals surface area contributed by atoms with Crippen LogP contribution in [0.4, 0.5) is 5.13 Å². The van der Waals surface area contributed by atoms with E-state index in [4.69, 9.17) is 0 Å². The van der Waals surface area contributed by atoms with Gasteiger partial charge in [-0.15, -0.1) is 0 Å². The Hall–Kier alpha value is -3.07. The fourth-order valence-electron chi connectivity index (χ4n) is 4.12. The predicted molar refractivity (Wildman–Crippen MR) is 131 cm³/mol. The minimum atomic E-state index is -3.64. The summed E-state index contributed by atoms with van der Waals surface area (Å²) in [5.41, 5.74) is 4.65. The summed E-state index contributed by atoms with van der Waals surface area (Å²) in [4.78, 5) is 17.5. The standard InChI is InChI=1S/C25H23N3O3S2/c1-2-17-8-5-9-22-23(17)26-25(32-22)27-24(29)19-10-12-21(13-11-19)33(30,31)28-15-14-18-6-3-4-7-20(18)16-28/h3-13H,2,14-16H2,1H3,(H,26,27,29). The highest BCUT2D eigenvalue weighted by Crippen LogP contribution is 2.29. The lowest BCUT2D eigenvalue weighted by Crippen LogP contribution is -2.35. The lowest BCUT2D eigenvalue weighted by molar-refractivity contribution is 0.102. The molecule has 2 heterocycles. The molecule has 0 atom stereocenters. The number of fused-ring (bicyclic) bond motifs is 2. The third-order valence-electron chi connectivity index (χ3n) is 5.95. The Bertz CT molecular complexity index is 1440. The van der Waals surface area contributed by atoms with E-state index in [1.54, 1.807) is 12.1 Å². The zero-order valence-corrected chi connectivity index (χ0v) is 19.7. The fraction of sp³-hybridized carbons (Fsp3) is 0.200. The van der Waals surface area contributed by atoms with Crippen molar-refractivity contribution in [1.29, 1.82) is 0 Å². The number of hydrogen-bond acceptors (Lipinski definition) is 5. The summed E-state index contributed by atoms with van der Waals surface area (Å²) in [6, 6.07) is 20.0. The fourth-order valence-corrected chi connectivity index (χ4v) is 6.44.